The van der Waals surface area contributed by atoms with Crippen molar-refractivity contribution in [2.75, 3.05) is 0 Å². The van der Waals surface area contributed by atoms with Crippen LogP contribution in [0.15, 0.2) is 42.7 Å². The predicted octanol–water partition coefficient (Wildman–Crippen LogP) is 2.20. The minimum absolute atomic E-state index is 0.218. The van der Waals surface area contributed by atoms with Crippen LogP contribution in [0.25, 0.3) is 5.65 Å². The van der Waals surface area contributed by atoms with Crippen molar-refractivity contribution < 1.29 is 0 Å². The average molecular weight is 304 g/mol. The van der Waals surface area contributed by atoms with E-state index in [0.29, 0.717) is 5.65 Å². The van der Waals surface area contributed by atoms with Gasteiger partial charge in [0.15, 0.2) is 5.65 Å². The van der Waals surface area contributed by atoms with E-state index in [9.17, 15) is 0 Å². The number of nitrogens with zero attached hydrogens (tertiary/aromatic N) is 5. The number of fused-ring (bicyclic) bond motifs is 1. The lowest BCUT2D eigenvalue weighted by molar-refractivity contribution is 0.756. The Kier molecular flexibility index (Phi) is 3.02. The highest BCUT2D eigenvalue weighted by atomic mass is 79.9. The number of hydrogen-bond acceptors (Lipinski definition) is 4. The Morgan fingerprint density at radius 3 is 2.83 bits per heavy atom. The molecule has 0 saturated carbocycles. The van der Waals surface area contributed by atoms with Gasteiger partial charge in [0, 0.05) is 17.4 Å². The molecule has 0 amide bonds. The zero-order valence-corrected chi connectivity index (χ0v) is 11.0. The number of aromatic nitrogens is 5. The fraction of sp³-hybridized carbons (Fsp3) is 0.167. The Hall–Kier alpha value is -1.82. The topological polar surface area (TPSA) is 56.0 Å². The van der Waals surface area contributed by atoms with E-state index in [2.05, 4.69) is 48.6 Å². The molecule has 0 aliphatic heterocycles. The van der Waals surface area contributed by atoms with Crippen LogP contribution in [0.5, 0.6) is 0 Å². The van der Waals surface area contributed by atoms with E-state index in [-0.39, 0.29) is 4.83 Å². The zero-order valence-electron chi connectivity index (χ0n) is 9.44. The summed E-state index contributed by atoms with van der Waals surface area (Å²) >= 11 is 3.69. The Balaban J connectivity index is 1.91. The molecule has 2 aromatic heterocycles. The lowest BCUT2D eigenvalue weighted by Crippen LogP contribution is -2.04. The van der Waals surface area contributed by atoms with Crippen LogP contribution in [-0.2, 0) is 6.42 Å². The van der Waals surface area contributed by atoms with E-state index in [1.807, 2.05) is 18.2 Å². The fourth-order valence-corrected chi connectivity index (χ4v) is 2.46. The van der Waals surface area contributed by atoms with Crippen molar-refractivity contribution in [2.45, 2.75) is 11.2 Å². The lowest BCUT2D eigenvalue weighted by Gasteiger charge is -2.10. The summed E-state index contributed by atoms with van der Waals surface area (Å²) in [4.78, 5) is 4.37. The molecule has 3 aromatic rings. The smallest absolute Gasteiger partial charge is 0.197 e. The second-order valence-corrected chi connectivity index (χ2v) is 5.04. The first-order valence-electron chi connectivity index (χ1n) is 5.54. The molecule has 1 aromatic carbocycles. The largest absolute Gasteiger partial charge is 0.259 e. The minimum Gasteiger partial charge on any atom is -0.259 e. The van der Waals surface area contributed by atoms with Gasteiger partial charge in [-0.05, 0) is 16.0 Å². The number of hydrogen-bond donors (Lipinski definition) is 0. The Bertz CT molecular complexity index is 652. The van der Waals surface area contributed by atoms with Gasteiger partial charge in [0.25, 0.3) is 0 Å². The molecule has 5 nitrogen and oxygen atoms in total. The number of alkyl halides is 1. The van der Waals surface area contributed by atoms with Crippen molar-refractivity contribution in [3.8, 4) is 0 Å². The van der Waals surface area contributed by atoms with Crippen LogP contribution in [0.3, 0.4) is 0 Å². The second-order valence-electron chi connectivity index (χ2n) is 3.93. The monoisotopic (exact) mass is 303 g/mol. The van der Waals surface area contributed by atoms with Crippen molar-refractivity contribution >= 4 is 21.6 Å². The van der Waals surface area contributed by atoms with Crippen molar-refractivity contribution in [3.05, 3.63) is 54.0 Å². The average Bonchev–Trinajstić information content (AvgIpc) is 2.89. The summed E-state index contributed by atoms with van der Waals surface area (Å²) in [6.45, 7) is 0. The van der Waals surface area contributed by atoms with Crippen LogP contribution < -0.4 is 0 Å². The molecule has 0 fully saturated rings. The summed E-state index contributed by atoms with van der Waals surface area (Å²) < 4.78 is 1.71. The first kappa shape index (κ1) is 11.3. The maximum atomic E-state index is 4.15. The third-order valence-electron chi connectivity index (χ3n) is 2.73. The maximum Gasteiger partial charge on any atom is 0.197 e. The summed E-state index contributed by atoms with van der Waals surface area (Å²) in [5.41, 5.74) is 2.87. The molecule has 90 valence electrons. The van der Waals surface area contributed by atoms with Gasteiger partial charge < -0.3 is 0 Å². The molecule has 0 saturated heterocycles. The van der Waals surface area contributed by atoms with Gasteiger partial charge in [0.05, 0.1) is 11.9 Å². The molecule has 0 N–H and O–H groups in total. The van der Waals surface area contributed by atoms with Crippen LogP contribution in [0.1, 0.15) is 16.1 Å². The van der Waals surface area contributed by atoms with E-state index < -0.39 is 0 Å². The van der Waals surface area contributed by atoms with Crippen molar-refractivity contribution in [2.24, 2.45) is 0 Å². The number of tetrazole rings is 1. The molecular formula is C12H10BrN5. The van der Waals surface area contributed by atoms with Gasteiger partial charge in [-0.3, -0.25) is 4.98 Å². The number of rotatable bonds is 3. The van der Waals surface area contributed by atoms with E-state index in [1.165, 1.54) is 5.56 Å². The first-order chi connectivity index (χ1) is 8.84. The van der Waals surface area contributed by atoms with Crippen molar-refractivity contribution in [3.63, 3.8) is 0 Å². The molecule has 18 heavy (non-hydrogen) atoms. The normalized spacial score (nSPS) is 12.7. The van der Waals surface area contributed by atoms with E-state index in [1.54, 1.807) is 16.9 Å². The molecule has 0 spiro atoms. The van der Waals surface area contributed by atoms with Gasteiger partial charge in [-0.15, -0.1) is 5.10 Å². The quantitative estimate of drug-likeness (QED) is 0.696. The molecule has 0 aliphatic rings. The van der Waals surface area contributed by atoms with E-state index >= 15 is 0 Å². The molecule has 1 atom stereocenters. The Labute approximate surface area is 112 Å². The standard InChI is InChI=1S/C12H10BrN5/c13-11(9-4-2-1-3-5-9)6-10-7-14-8-12-15-16-17-18(10)12/h1-5,7-8,11H,6H2. The molecule has 0 bridgehead atoms. The lowest BCUT2D eigenvalue weighted by atomic mass is 10.1. The highest BCUT2D eigenvalue weighted by Crippen LogP contribution is 2.26. The molecule has 3 rings (SSSR count). The summed E-state index contributed by atoms with van der Waals surface area (Å²) in [6.07, 6.45) is 4.22. The second kappa shape index (κ2) is 4.81. The van der Waals surface area contributed by atoms with E-state index in [0.717, 1.165) is 12.1 Å². The summed E-state index contributed by atoms with van der Waals surface area (Å²) in [7, 11) is 0. The minimum atomic E-state index is 0.218. The maximum absolute atomic E-state index is 4.15. The summed E-state index contributed by atoms with van der Waals surface area (Å²) in [6, 6.07) is 10.2. The van der Waals surface area contributed by atoms with Gasteiger partial charge in [-0.1, -0.05) is 46.3 Å². The summed E-state index contributed by atoms with van der Waals surface area (Å²) in [5, 5.41) is 11.5. The first-order valence-corrected chi connectivity index (χ1v) is 6.46. The number of benzene rings is 1. The molecule has 1 unspecified atom stereocenters. The van der Waals surface area contributed by atoms with Crippen LogP contribution in [0.4, 0.5) is 0 Å². The van der Waals surface area contributed by atoms with Gasteiger partial charge in [0.1, 0.15) is 0 Å². The van der Waals surface area contributed by atoms with E-state index in [4.69, 9.17) is 0 Å². The highest BCUT2D eigenvalue weighted by Gasteiger charge is 2.11. The van der Waals surface area contributed by atoms with Gasteiger partial charge in [-0.2, -0.15) is 4.52 Å². The van der Waals surface area contributed by atoms with Crippen LogP contribution in [0.2, 0.25) is 0 Å². The third-order valence-corrected chi connectivity index (χ3v) is 3.58. The molecular weight excluding hydrogens is 294 g/mol. The SMILES string of the molecule is BrC(Cc1cncc2nnnn12)c1ccccc1. The van der Waals surface area contributed by atoms with Crippen molar-refractivity contribution in [1.29, 1.82) is 0 Å². The highest BCUT2D eigenvalue weighted by molar-refractivity contribution is 9.09. The molecule has 2 heterocycles. The third kappa shape index (κ3) is 2.11. The summed E-state index contributed by atoms with van der Waals surface area (Å²) in [5.74, 6) is 0. The zero-order chi connectivity index (χ0) is 12.4. The predicted molar refractivity (Wildman–Crippen MR) is 70.4 cm³/mol. The van der Waals surface area contributed by atoms with Crippen LogP contribution in [-0.4, -0.2) is 25.0 Å². The van der Waals surface area contributed by atoms with Crippen molar-refractivity contribution in [1.82, 2.24) is 25.0 Å². The van der Waals surface area contributed by atoms with Gasteiger partial charge in [-0.25, -0.2) is 0 Å². The number of halogens is 1. The Morgan fingerprint density at radius 2 is 2.00 bits per heavy atom. The van der Waals surface area contributed by atoms with Crippen LogP contribution >= 0.6 is 15.9 Å². The Morgan fingerprint density at radius 1 is 1.17 bits per heavy atom. The van der Waals surface area contributed by atoms with Gasteiger partial charge >= 0.3 is 0 Å². The molecule has 6 heteroatoms. The fourth-order valence-electron chi connectivity index (χ4n) is 1.83. The van der Waals surface area contributed by atoms with Crippen LogP contribution in [0, 0.1) is 0 Å². The molecule has 0 aliphatic carbocycles. The molecule has 0 radical (unpaired) electrons. The van der Waals surface area contributed by atoms with Gasteiger partial charge in [0.2, 0.25) is 0 Å².